The van der Waals surface area contributed by atoms with Gasteiger partial charge < -0.3 is 0 Å². The van der Waals surface area contributed by atoms with Gasteiger partial charge >= 0.3 is 0 Å². The van der Waals surface area contributed by atoms with Crippen LogP contribution in [0.1, 0.15) is 39.2 Å². The van der Waals surface area contributed by atoms with E-state index in [4.69, 9.17) is 0 Å². The Balaban J connectivity index is 2.29. The Labute approximate surface area is 137 Å². The first-order valence-corrected chi connectivity index (χ1v) is 9.79. The molecule has 0 spiro atoms. The van der Waals surface area contributed by atoms with Crippen LogP contribution in [0.2, 0.25) is 0 Å². The van der Waals surface area contributed by atoms with Gasteiger partial charge in [-0.2, -0.15) is 0 Å². The van der Waals surface area contributed by atoms with Gasteiger partial charge in [-0.3, -0.25) is 0 Å². The summed E-state index contributed by atoms with van der Waals surface area (Å²) < 4.78 is 25.3. The van der Waals surface area contributed by atoms with Gasteiger partial charge in [-0.15, -0.1) is 11.8 Å². The maximum absolute atomic E-state index is 12.6. The van der Waals surface area contributed by atoms with E-state index in [2.05, 4.69) is 27.7 Å². The van der Waals surface area contributed by atoms with Gasteiger partial charge in [-0.05, 0) is 47.9 Å². The van der Waals surface area contributed by atoms with E-state index < -0.39 is 9.84 Å². The van der Waals surface area contributed by atoms with Crippen molar-refractivity contribution in [1.29, 1.82) is 0 Å². The van der Waals surface area contributed by atoms with Crippen LogP contribution in [0.25, 0.3) is 0 Å². The van der Waals surface area contributed by atoms with Crippen LogP contribution in [0.4, 0.5) is 0 Å². The molecule has 0 bridgehead atoms. The van der Waals surface area contributed by atoms with E-state index in [1.165, 1.54) is 0 Å². The largest absolute Gasteiger partial charge is 0.219 e. The summed E-state index contributed by atoms with van der Waals surface area (Å²) in [4.78, 5) is 1.78. The van der Waals surface area contributed by atoms with Gasteiger partial charge in [0, 0.05) is 10.1 Å². The Bertz CT molecular complexity index is 713. The van der Waals surface area contributed by atoms with Crippen LogP contribution < -0.4 is 0 Å². The topological polar surface area (TPSA) is 34.1 Å². The fourth-order valence-electron chi connectivity index (χ4n) is 2.14. The van der Waals surface area contributed by atoms with Crippen molar-refractivity contribution in [3.8, 4) is 0 Å². The molecule has 0 fully saturated rings. The molecule has 2 nitrogen and oxygen atoms in total. The summed E-state index contributed by atoms with van der Waals surface area (Å²) >= 11 is 1.72. The molecule has 0 N–H and O–H groups in total. The average molecular weight is 335 g/mol. The molecular formula is C18H22O2S2. The highest BCUT2D eigenvalue weighted by atomic mass is 32.2. The molecule has 22 heavy (non-hydrogen) atoms. The quantitative estimate of drug-likeness (QED) is 0.710. The fourth-order valence-corrected chi connectivity index (χ4v) is 4.24. The second kappa shape index (κ2) is 6.88. The van der Waals surface area contributed by atoms with Crippen LogP contribution in [0.15, 0.2) is 63.2 Å². The van der Waals surface area contributed by atoms with Crippen molar-refractivity contribution in [2.24, 2.45) is 0 Å². The molecule has 0 radical (unpaired) electrons. The summed E-state index contributed by atoms with van der Waals surface area (Å²) in [5.41, 5.74) is 1.14. The standard InChI is InChI=1S/C18H22O2S2/c1-13(2)15-5-9-17(10-6-15)22(19,20)18-11-7-16(8-12-18)21-14(3)4/h5-14H,1-4H3. The molecule has 118 valence electrons. The Morgan fingerprint density at radius 3 is 1.64 bits per heavy atom. The monoisotopic (exact) mass is 334 g/mol. The Hall–Kier alpha value is -1.26. The number of benzene rings is 2. The van der Waals surface area contributed by atoms with Crippen LogP contribution in [-0.2, 0) is 9.84 Å². The van der Waals surface area contributed by atoms with Crippen molar-refractivity contribution in [3.63, 3.8) is 0 Å². The normalized spacial score (nSPS) is 12.1. The van der Waals surface area contributed by atoms with Gasteiger partial charge in [0.1, 0.15) is 0 Å². The molecule has 0 atom stereocenters. The summed E-state index contributed by atoms with van der Waals surface area (Å²) in [6.45, 7) is 8.42. The number of hydrogen-bond donors (Lipinski definition) is 0. The highest BCUT2D eigenvalue weighted by Crippen LogP contribution is 2.27. The van der Waals surface area contributed by atoms with Crippen LogP contribution in [0.5, 0.6) is 0 Å². The first kappa shape index (κ1) is 17.1. The molecule has 0 aromatic heterocycles. The number of thioether (sulfide) groups is 1. The lowest BCUT2D eigenvalue weighted by Gasteiger charge is -2.09. The van der Waals surface area contributed by atoms with Crippen molar-refractivity contribution in [2.45, 2.75) is 53.5 Å². The lowest BCUT2D eigenvalue weighted by molar-refractivity contribution is 0.596. The third kappa shape index (κ3) is 3.93. The molecule has 0 heterocycles. The van der Waals surface area contributed by atoms with Crippen molar-refractivity contribution in [3.05, 3.63) is 54.1 Å². The zero-order chi connectivity index (χ0) is 16.3. The van der Waals surface area contributed by atoms with E-state index >= 15 is 0 Å². The van der Waals surface area contributed by atoms with Gasteiger partial charge in [0.2, 0.25) is 9.84 Å². The van der Waals surface area contributed by atoms with E-state index in [0.29, 0.717) is 21.0 Å². The van der Waals surface area contributed by atoms with Crippen LogP contribution in [0.3, 0.4) is 0 Å². The Morgan fingerprint density at radius 1 is 0.773 bits per heavy atom. The zero-order valence-electron chi connectivity index (χ0n) is 13.4. The summed E-state index contributed by atoms with van der Waals surface area (Å²) in [5, 5.41) is 0.478. The van der Waals surface area contributed by atoms with E-state index in [1.807, 2.05) is 24.3 Å². The maximum Gasteiger partial charge on any atom is 0.206 e. The Kier molecular flexibility index (Phi) is 5.35. The van der Waals surface area contributed by atoms with E-state index in [0.717, 1.165) is 10.5 Å². The average Bonchev–Trinajstić information content (AvgIpc) is 2.47. The summed E-state index contributed by atoms with van der Waals surface area (Å²) in [6.07, 6.45) is 0. The minimum Gasteiger partial charge on any atom is -0.219 e. The van der Waals surface area contributed by atoms with Crippen molar-refractivity contribution in [2.75, 3.05) is 0 Å². The van der Waals surface area contributed by atoms with Crippen molar-refractivity contribution in [1.82, 2.24) is 0 Å². The van der Waals surface area contributed by atoms with Gasteiger partial charge in [-0.1, -0.05) is 39.8 Å². The summed E-state index contributed by atoms with van der Waals surface area (Å²) in [5.74, 6) is 0.393. The summed E-state index contributed by atoms with van der Waals surface area (Å²) in [7, 11) is -3.44. The molecule has 0 aliphatic rings. The second-order valence-corrected chi connectivity index (χ2v) is 9.46. The minimum absolute atomic E-state index is 0.345. The predicted molar refractivity (Wildman–Crippen MR) is 93.4 cm³/mol. The van der Waals surface area contributed by atoms with Gasteiger partial charge in [0.05, 0.1) is 9.79 Å². The summed E-state index contributed by atoms with van der Waals surface area (Å²) in [6, 6.07) is 14.3. The molecule has 0 saturated heterocycles. The molecule has 0 amide bonds. The third-order valence-electron chi connectivity index (χ3n) is 3.36. The Morgan fingerprint density at radius 2 is 1.23 bits per heavy atom. The first-order chi connectivity index (χ1) is 10.3. The predicted octanol–water partition coefficient (Wildman–Crippen LogP) is 5.14. The maximum atomic E-state index is 12.6. The van der Waals surface area contributed by atoms with Crippen molar-refractivity contribution >= 4 is 21.6 Å². The van der Waals surface area contributed by atoms with Crippen LogP contribution in [0, 0.1) is 0 Å². The van der Waals surface area contributed by atoms with Gasteiger partial charge in [-0.25, -0.2) is 8.42 Å². The van der Waals surface area contributed by atoms with Gasteiger partial charge in [0.25, 0.3) is 0 Å². The highest BCUT2D eigenvalue weighted by molar-refractivity contribution is 7.99. The number of hydrogen-bond acceptors (Lipinski definition) is 3. The van der Waals surface area contributed by atoms with Crippen LogP contribution >= 0.6 is 11.8 Å². The molecule has 2 aromatic rings. The lowest BCUT2D eigenvalue weighted by Crippen LogP contribution is -2.02. The number of sulfone groups is 1. The SMILES string of the molecule is CC(C)Sc1ccc(S(=O)(=O)c2ccc(C(C)C)cc2)cc1. The lowest BCUT2D eigenvalue weighted by atomic mass is 10.0. The highest BCUT2D eigenvalue weighted by Gasteiger charge is 2.17. The van der Waals surface area contributed by atoms with E-state index in [1.54, 1.807) is 36.0 Å². The molecule has 0 aliphatic carbocycles. The molecule has 0 aliphatic heterocycles. The minimum atomic E-state index is -3.44. The zero-order valence-corrected chi connectivity index (χ0v) is 15.0. The van der Waals surface area contributed by atoms with Crippen molar-refractivity contribution < 1.29 is 8.42 Å². The molecular weight excluding hydrogens is 312 g/mol. The van der Waals surface area contributed by atoms with Crippen LogP contribution in [-0.4, -0.2) is 13.7 Å². The fraction of sp³-hybridized carbons (Fsp3) is 0.333. The first-order valence-electron chi connectivity index (χ1n) is 7.42. The molecule has 2 aromatic carbocycles. The second-order valence-electron chi connectivity index (χ2n) is 5.87. The molecule has 4 heteroatoms. The van der Waals surface area contributed by atoms with E-state index in [-0.39, 0.29) is 0 Å². The smallest absolute Gasteiger partial charge is 0.206 e. The molecule has 2 rings (SSSR count). The molecule has 0 unspecified atom stereocenters. The van der Waals surface area contributed by atoms with Gasteiger partial charge in [0.15, 0.2) is 0 Å². The van der Waals surface area contributed by atoms with E-state index in [9.17, 15) is 8.42 Å². The number of rotatable bonds is 5. The third-order valence-corrected chi connectivity index (χ3v) is 6.16. The molecule has 0 saturated carbocycles.